The van der Waals surface area contributed by atoms with E-state index in [-0.39, 0.29) is 0 Å². The first kappa shape index (κ1) is 15.3. The van der Waals surface area contributed by atoms with Crippen LogP contribution in [0.15, 0.2) is 30.9 Å². The van der Waals surface area contributed by atoms with Gasteiger partial charge in [0, 0.05) is 6.04 Å². The van der Waals surface area contributed by atoms with E-state index in [0.717, 1.165) is 13.0 Å². The van der Waals surface area contributed by atoms with Crippen LogP contribution in [0, 0.1) is 12.3 Å². The van der Waals surface area contributed by atoms with E-state index in [1.165, 1.54) is 24.8 Å². The predicted octanol–water partition coefficient (Wildman–Crippen LogP) is 4.91. The molecule has 0 amide bonds. The fourth-order valence-electron chi connectivity index (χ4n) is 3.44. The SMILES string of the molecule is C=CCCCN(C)C1CC(C)(C)Cc2ccc(C)cc21. The standard InChI is InChI=1S/C19H29N/c1-6-7-8-11-20(5)18-14-19(3,4)13-16-10-9-15(2)12-17(16)18/h6,9-10,12,18H,1,7-8,11,13-14H2,2-5H3. The quantitative estimate of drug-likeness (QED) is 0.543. The highest BCUT2D eigenvalue weighted by Gasteiger charge is 2.33. The molecule has 1 aromatic carbocycles. The van der Waals surface area contributed by atoms with Gasteiger partial charge in [-0.2, -0.15) is 0 Å². The Morgan fingerprint density at radius 3 is 2.85 bits per heavy atom. The molecule has 0 spiro atoms. The lowest BCUT2D eigenvalue weighted by molar-refractivity contribution is 0.152. The smallest absolute Gasteiger partial charge is 0.0353 e. The van der Waals surface area contributed by atoms with E-state index in [9.17, 15) is 0 Å². The van der Waals surface area contributed by atoms with Gasteiger partial charge in [-0.3, -0.25) is 4.90 Å². The first-order valence-electron chi connectivity index (χ1n) is 7.83. The van der Waals surface area contributed by atoms with E-state index < -0.39 is 0 Å². The summed E-state index contributed by atoms with van der Waals surface area (Å²) in [6, 6.07) is 7.57. The maximum atomic E-state index is 3.82. The molecule has 2 rings (SSSR count). The molecule has 1 heteroatoms. The predicted molar refractivity (Wildman–Crippen MR) is 88.1 cm³/mol. The Kier molecular flexibility index (Phi) is 4.70. The third kappa shape index (κ3) is 3.52. The van der Waals surface area contributed by atoms with Gasteiger partial charge < -0.3 is 0 Å². The maximum absolute atomic E-state index is 3.82. The second-order valence-electron chi connectivity index (χ2n) is 7.17. The van der Waals surface area contributed by atoms with Crippen LogP contribution in [0.25, 0.3) is 0 Å². The lowest BCUT2D eigenvalue weighted by Crippen LogP contribution is -2.35. The van der Waals surface area contributed by atoms with Crippen molar-refractivity contribution >= 4 is 0 Å². The molecule has 1 aliphatic carbocycles. The van der Waals surface area contributed by atoms with E-state index in [4.69, 9.17) is 0 Å². The van der Waals surface area contributed by atoms with Gasteiger partial charge in [0.25, 0.3) is 0 Å². The van der Waals surface area contributed by atoms with Crippen LogP contribution in [-0.2, 0) is 6.42 Å². The summed E-state index contributed by atoms with van der Waals surface area (Å²) in [6.45, 7) is 12.0. The van der Waals surface area contributed by atoms with Crippen molar-refractivity contribution in [2.24, 2.45) is 5.41 Å². The van der Waals surface area contributed by atoms with Gasteiger partial charge in [0.05, 0.1) is 0 Å². The lowest BCUT2D eigenvalue weighted by atomic mass is 9.71. The Balaban J connectivity index is 2.23. The van der Waals surface area contributed by atoms with E-state index >= 15 is 0 Å². The minimum atomic E-state index is 0.402. The van der Waals surface area contributed by atoms with Gasteiger partial charge >= 0.3 is 0 Å². The molecule has 0 bridgehead atoms. The Morgan fingerprint density at radius 2 is 2.15 bits per heavy atom. The minimum Gasteiger partial charge on any atom is -0.299 e. The average molecular weight is 271 g/mol. The van der Waals surface area contributed by atoms with Crippen molar-refractivity contribution in [3.8, 4) is 0 Å². The summed E-state index contributed by atoms with van der Waals surface area (Å²) in [5.41, 5.74) is 4.89. The number of fused-ring (bicyclic) bond motifs is 1. The molecule has 0 saturated heterocycles. The summed E-state index contributed by atoms with van der Waals surface area (Å²) in [7, 11) is 2.28. The molecule has 1 aliphatic rings. The van der Waals surface area contributed by atoms with E-state index in [2.05, 4.69) is 57.5 Å². The van der Waals surface area contributed by atoms with Crippen LogP contribution in [0.5, 0.6) is 0 Å². The van der Waals surface area contributed by atoms with Crippen LogP contribution >= 0.6 is 0 Å². The number of rotatable bonds is 5. The van der Waals surface area contributed by atoms with E-state index in [1.807, 2.05) is 6.08 Å². The summed E-state index contributed by atoms with van der Waals surface area (Å²) >= 11 is 0. The molecule has 0 radical (unpaired) electrons. The normalized spacial score (nSPS) is 20.8. The number of benzene rings is 1. The first-order chi connectivity index (χ1) is 9.43. The van der Waals surface area contributed by atoms with Crippen LogP contribution in [-0.4, -0.2) is 18.5 Å². The number of aryl methyl sites for hydroxylation is 1. The largest absolute Gasteiger partial charge is 0.299 e. The van der Waals surface area contributed by atoms with Crippen molar-refractivity contribution in [1.29, 1.82) is 0 Å². The van der Waals surface area contributed by atoms with Crippen LogP contribution in [0.1, 0.15) is 55.8 Å². The van der Waals surface area contributed by atoms with Crippen molar-refractivity contribution in [3.05, 3.63) is 47.5 Å². The van der Waals surface area contributed by atoms with Gasteiger partial charge in [-0.25, -0.2) is 0 Å². The second kappa shape index (κ2) is 6.13. The highest BCUT2D eigenvalue weighted by Crippen LogP contribution is 2.43. The molecule has 0 aliphatic heterocycles. The third-order valence-corrected chi connectivity index (χ3v) is 4.53. The Hall–Kier alpha value is -1.08. The lowest BCUT2D eigenvalue weighted by Gasteiger charge is -2.41. The van der Waals surface area contributed by atoms with Gasteiger partial charge in [0.2, 0.25) is 0 Å². The van der Waals surface area contributed by atoms with Gasteiger partial charge in [0.15, 0.2) is 0 Å². The molecule has 1 unspecified atom stereocenters. The molecule has 0 aromatic heterocycles. The van der Waals surface area contributed by atoms with Gasteiger partial charge in [-0.05, 0) is 62.7 Å². The second-order valence-corrected chi connectivity index (χ2v) is 7.17. The summed E-state index contributed by atoms with van der Waals surface area (Å²) in [5, 5.41) is 0. The van der Waals surface area contributed by atoms with Gasteiger partial charge in [0.1, 0.15) is 0 Å². The zero-order chi connectivity index (χ0) is 14.8. The molecule has 20 heavy (non-hydrogen) atoms. The number of allylic oxidation sites excluding steroid dienone is 1. The maximum Gasteiger partial charge on any atom is 0.0353 e. The molecule has 0 N–H and O–H groups in total. The molecule has 1 atom stereocenters. The molecule has 0 heterocycles. The van der Waals surface area contributed by atoms with Crippen LogP contribution in [0.4, 0.5) is 0 Å². The van der Waals surface area contributed by atoms with Crippen molar-refractivity contribution in [3.63, 3.8) is 0 Å². The molecule has 110 valence electrons. The number of hydrogen-bond acceptors (Lipinski definition) is 1. The minimum absolute atomic E-state index is 0.402. The average Bonchev–Trinajstić information content (AvgIpc) is 2.38. The number of nitrogens with zero attached hydrogens (tertiary/aromatic N) is 1. The molecular formula is C19H29N. The topological polar surface area (TPSA) is 3.24 Å². The zero-order valence-electron chi connectivity index (χ0n) is 13.6. The Labute approximate surface area is 124 Å². The molecule has 1 aromatic rings. The van der Waals surface area contributed by atoms with Crippen molar-refractivity contribution < 1.29 is 0 Å². The van der Waals surface area contributed by atoms with E-state index in [1.54, 1.807) is 11.1 Å². The first-order valence-corrected chi connectivity index (χ1v) is 7.83. The number of hydrogen-bond donors (Lipinski definition) is 0. The van der Waals surface area contributed by atoms with E-state index in [0.29, 0.717) is 11.5 Å². The fraction of sp³-hybridized carbons (Fsp3) is 0.579. The third-order valence-electron chi connectivity index (χ3n) is 4.53. The summed E-state index contributed by atoms with van der Waals surface area (Å²) in [6.07, 6.45) is 6.81. The van der Waals surface area contributed by atoms with Crippen molar-refractivity contribution in [2.75, 3.05) is 13.6 Å². The molecule has 1 nitrogen and oxygen atoms in total. The molecule has 0 fully saturated rings. The van der Waals surface area contributed by atoms with Gasteiger partial charge in [-0.1, -0.05) is 43.7 Å². The Morgan fingerprint density at radius 1 is 1.40 bits per heavy atom. The van der Waals surface area contributed by atoms with Crippen molar-refractivity contribution in [1.82, 2.24) is 4.90 Å². The summed E-state index contributed by atoms with van der Waals surface area (Å²) < 4.78 is 0. The summed E-state index contributed by atoms with van der Waals surface area (Å²) in [5.74, 6) is 0. The highest BCUT2D eigenvalue weighted by atomic mass is 15.1. The van der Waals surface area contributed by atoms with Crippen LogP contribution < -0.4 is 0 Å². The monoisotopic (exact) mass is 271 g/mol. The summed E-state index contributed by atoms with van der Waals surface area (Å²) in [4.78, 5) is 2.54. The highest BCUT2D eigenvalue weighted by molar-refractivity contribution is 5.37. The van der Waals surface area contributed by atoms with Crippen LogP contribution in [0.2, 0.25) is 0 Å². The fourth-order valence-corrected chi connectivity index (χ4v) is 3.44. The Bertz CT molecular complexity index is 473. The zero-order valence-corrected chi connectivity index (χ0v) is 13.6. The van der Waals surface area contributed by atoms with Gasteiger partial charge in [-0.15, -0.1) is 6.58 Å². The number of unbranched alkanes of at least 4 members (excludes halogenated alkanes) is 1. The van der Waals surface area contributed by atoms with Crippen molar-refractivity contribution in [2.45, 2.75) is 52.5 Å². The molecule has 0 saturated carbocycles. The van der Waals surface area contributed by atoms with Crippen LogP contribution in [0.3, 0.4) is 0 Å². The molecular weight excluding hydrogens is 242 g/mol.